The summed E-state index contributed by atoms with van der Waals surface area (Å²) < 4.78 is 0. The zero-order valence-corrected chi connectivity index (χ0v) is 7.48. The predicted octanol–water partition coefficient (Wildman–Crippen LogP) is 1.02. The minimum Gasteiger partial charge on any atom is -0.298 e. The molecule has 4 nitrogen and oxygen atoms in total. The normalized spacial score (nSPS) is 10.5. The van der Waals surface area contributed by atoms with Crippen LogP contribution in [0, 0.1) is 5.92 Å². The van der Waals surface area contributed by atoms with Crippen LogP contribution in [0.3, 0.4) is 0 Å². The number of hydrogen-bond donors (Lipinski definition) is 2. The van der Waals surface area contributed by atoms with Gasteiger partial charge >= 0.3 is 0 Å². The molecular weight excluding hydrogens is 160 g/mol. The van der Waals surface area contributed by atoms with Crippen molar-refractivity contribution < 1.29 is 0 Å². The predicted molar refractivity (Wildman–Crippen MR) is 46.3 cm³/mol. The van der Waals surface area contributed by atoms with E-state index in [1.54, 1.807) is 0 Å². The van der Waals surface area contributed by atoms with Crippen LogP contribution in [-0.4, -0.2) is 10.2 Å². The Morgan fingerprint density at radius 1 is 1.55 bits per heavy atom. The van der Waals surface area contributed by atoms with Gasteiger partial charge in [-0.2, -0.15) is 0 Å². The molecular formula is C6H12N4S. The SMILES string of the molecule is CC(C)Cc1nnc(NN)s1. The van der Waals surface area contributed by atoms with Crippen LogP contribution in [0.25, 0.3) is 0 Å². The van der Waals surface area contributed by atoms with Gasteiger partial charge in [-0.05, 0) is 5.92 Å². The number of nitrogen functional groups attached to an aromatic ring is 1. The Labute approximate surface area is 69.8 Å². The van der Waals surface area contributed by atoms with E-state index in [2.05, 4.69) is 29.5 Å². The Morgan fingerprint density at radius 2 is 2.27 bits per heavy atom. The second-order valence-corrected chi connectivity index (χ2v) is 3.81. The van der Waals surface area contributed by atoms with Gasteiger partial charge in [0.1, 0.15) is 5.01 Å². The number of hydrazine groups is 1. The van der Waals surface area contributed by atoms with Crippen LogP contribution in [0.5, 0.6) is 0 Å². The van der Waals surface area contributed by atoms with Crippen molar-refractivity contribution in [1.82, 2.24) is 10.2 Å². The van der Waals surface area contributed by atoms with Crippen molar-refractivity contribution in [1.29, 1.82) is 0 Å². The number of nitrogens with zero attached hydrogens (tertiary/aromatic N) is 2. The molecule has 0 saturated carbocycles. The van der Waals surface area contributed by atoms with E-state index >= 15 is 0 Å². The van der Waals surface area contributed by atoms with E-state index in [4.69, 9.17) is 5.84 Å². The molecule has 3 N–H and O–H groups in total. The largest absolute Gasteiger partial charge is 0.298 e. The first kappa shape index (κ1) is 8.42. The molecule has 11 heavy (non-hydrogen) atoms. The van der Waals surface area contributed by atoms with Crippen molar-refractivity contribution in [2.75, 3.05) is 5.43 Å². The van der Waals surface area contributed by atoms with Gasteiger partial charge in [-0.15, -0.1) is 10.2 Å². The molecule has 0 fully saturated rings. The minimum atomic E-state index is 0.619. The maximum Gasteiger partial charge on any atom is 0.219 e. The average molecular weight is 172 g/mol. The molecule has 0 amide bonds. The second-order valence-electron chi connectivity index (χ2n) is 2.74. The summed E-state index contributed by atoms with van der Waals surface area (Å²) in [6.45, 7) is 4.30. The summed E-state index contributed by atoms with van der Waals surface area (Å²) in [7, 11) is 0. The molecule has 0 aromatic carbocycles. The molecule has 1 rings (SSSR count). The van der Waals surface area contributed by atoms with Gasteiger partial charge in [0, 0.05) is 6.42 Å². The maximum absolute atomic E-state index is 5.15. The molecule has 1 aromatic rings. The van der Waals surface area contributed by atoms with Gasteiger partial charge in [0.15, 0.2) is 0 Å². The summed E-state index contributed by atoms with van der Waals surface area (Å²) >= 11 is 1.50. The summed E-state index contributed by atoms with van der Waals surface area (Å²) in [5.74, 6) is 5.77. The second kappa shape index (κ2) is 3.64. The highest BCUT2D eigenvalue weighted by atomic mass is 32.1. The van der Waals surface area contributed by atoms with E-state index in [-0.39, 0.29) is 0 Å². The van der Waals surface area contributed by atoms with Crippen molar-refractivity contribution in [3.05, 3.63) is 5.01 Å². The Kier molecular flexibility index (Phi) is 2.78. The molecule has 0 aliphatic carbocycles. The standard InChI is InChI=1S/C6H12N4S/c1-4(2)3-5-9-10-6(8-7)11-5/h4H,3,7H2,1-2H3,(H,8,10). The topological polar surface area (TPSA) is 63.8 Å². The van der Waals surface area contributed by atoms with Gasteiger partial charge in [-0.3, -0.25) is 5.43 Å². The lowest BCUT2D eigenvalue weighted by molar-refractivity contribution is 0.640. The molecule has 0 bridgehead atoms. The molecule has 0 unspecified atom stereocenters. The Hall–Kier alpha value is -0.680. The molecule has 1 heterocycles. The highest BCUT2D eigenvalue weighted by Gasteiger charge is 2.03. The van der Waals surface area contributed by atoms with Crippen molar-refractivity contribution in [3.8, 4) is 0 Å². The average Bonchev–Trinajstić information content (AvgIpc) is 2.34. The van der Waals surface area contributed by atoms with Crippen LogP contribution in [0.4, 0.5) is 5.13 Å². The summed E-state index contributed by atoms with van der Waals surface area (Å²) in [6, 6.07) is 0. The third kappa shape index (κ3) is 2.44. The lowest BCUT2D eigenvalue weighted by atomic mass is 10.1. The Bertz CT molecular complexity index is 220. The van der Waals surface area contributed by atoms with Gasteiger partial charge < -0.3 is 0 Å². The monoisotopic (exact) mass is 172 g/mol. The van der Waals surface area contributed by atoms with E-state index in [1.165, 1.54) is 11.3 Å². The number of aromatic nitrogens is 2. The van der Waals surface area contributed by atoms with E-state index in [0.29, 0.717) is 11.0 Å². The Balaban J connectivity index is 2.58. The van der Waals surface area contributed by atoms with Crippen LogP contribution < -0.4 is 11.3 Å². The molecule has 0 saturated heterocycles. The van der Waals surface area contributed by atoms with Gasteiger partial charge in [0.25, 0.3) is 0 Å². The first-order valence-electron chi connectivity index (χ1n) is 3.51. The van der Waals surface area contributed by atoms with E-state index in [9.17, 15) is 0 Å². The fourth-order valence-electron chi connectivity index (χ4n) is 0.744. The van der Waals surface area contributed by atoms with E-state index in [1.807, 2.05) is 0 Å². The maximum atomic E-state index is 5.15. The number of anilines is 1. The molecule has 5 heteroatoms. The first-order valence-corrected chi connectivity index (χ1v) is 4.33. The summed E-state index contributed by atoms with van der Waals surface area (Å²) in [5.41, 5.74) is 2.47. The summed E-state index contributed by atoms with van der Waals surface area (Å²) in [5, 5.41) is 9.49. The van der Waals surface area contributed by atoms with Crippen LogP contribution >= 0.6 is 11.3 Å². The Morgan fingerprint density at radius 3 is 2.73 bits per heavy atom. The lowest BCUT2D eigenvalue weighted by Gasteiger charge is -1.96. The van der Waals surface area contributed by atoms with Crippen LogP contribution in [0.1, 0.15) is 18.9 Å². The minimum absolute atomic E-state index is 0.619. The van der Waals surface area contributed by atoms with Crippen LogP contribution in [0.15, 0.2) is 0 Å². The number of nitrogens with two attached hydrogens (primary N) is 1. The zero-order valence-electron chi connectivity index (χ0n) is 6.66. The molecule has 0 aliphatic heterocycles. The van der Waals surface area contributed by atoms with Crippen LogP contribution in [-0.2, 0) is 6.42 Å². The van der Waals surface area contributed by atoms with Gasteiger partial charge in [0.05, 0.1) is 0 Å². The fourth-order valence-corrected chi connectivity index (χ4v) is 1.61. The van der Waals surface area contributed by atoms with Crippen molar-refractivity contribution in [2.45, 2.75) is 20.3 Å². The quantitative estimate of drug-likeness (QED) is 0.528. The number of rotatable bonds is 3. The smallest absolute Gasteiger partial charge is 0.219 e. The van der Waals surface area contributed by atoms with E-state index in [0.717, 1.165) is 11.4 Å². The third-order valence-corrected chi connectivity index (χ3v) is 2.05. The number of nitrogens with one attached hydrogen (secondary N) is 1. The lowest BCUT2D eigenvalue weighted by Crippen LogP contribution is -2.05. The zero-order chi connectivity index (χ0) is 8.27. The van der Waals surface area contributed by atoms with Gasteiger partial charge in [-0.1, -0.05) is 25.2 Å². The molecule has 0 aliphatic rings. The third-order valence-electron chi connectivity index (χ3n) is 1.17. The van der Waals surface area contributed by atoms with Crippen molar-refractivity contribution >= 4 is 16.5 Å². The summed E-state index contributed by atoms with van der Waals surface area (Å²) in [6.07, 6.45) is 0.972. The molecule has 62 valence electrons. The van der Waals surface area contributed by atoms with Gasteiger partial charge in [0.2, 0.25) is 5.13 Å². The van der Waals surface area contributed by atoms with Gasteiger partial charge in [-0.25, -0.2) is 5.84 Å². The van der Waals surface area contributed by atoms with E-state index < -0.39 is 0 Å². The van der Waals surface area contributed by atoms with Crippen molar-refractivity contribution in [3.63, 3.8) is 0 Å². The molecule has 0 atom stereocenters. The molecule has 1 aromatic heterocycles. The highest BCUT2D eigenvalue weighted by Crippen LogP contribution is 2.16. The van der Waals surface area contributed by atoms with Crippen molar-refractivity contribution in [2.24, 2.45) is 11.8 Å². The molecule has 0 spiro atoms. The fraction of sp³-hybridized carbons (Fsp3) is 0.667. The first-order chi connectivity index (χ1) is 5.22. The summed E-state index contributed by atoms with van der Waals surface area (Å²) in [4.78, 5) is 0. The molecule has 0 radical (unpaired) electrons. The number of hydrogen-bond acceptors (Lipinski definition) is 5. The van der Waals surface area contributed by atoms with Crippen LogP contribution in [0.2, 0.25) is 0 Å². The highest BCUT2D eigenvalue weighted by molar-refractivity contribution is 7.15.